The standard InChI is InChI=1S/C13H8Cl3NO2/c14-8-3-1-4-9(7-8)17-13(18)19-11-6-2-5-10(15)12(11)16/h1-7H,(H,17,18). The molecule has 0 spiro atoms. The van der Waals surface area contributed by atoms with Gasteiger partial charge in [0, 0.05) is 10.7 Å². The van der Waals surface area contributed by atoms with Gasteiger partial charge in [0.2, 0.25) is 0 Å². The summed E-state index contributed by atoms with van der Waals surface area (Å²) in [6.45, 7) is 0. The van der Waals surface area contributed by atoms with Crippen LogP contribution in [0, 0.1) is 0 Å². The number of hydrogen-bond donors (Lipinski definition) is 1. The summed E-state index contributed by atoms with van der Waals surface area (Å²) in [5.41, 5.74) is 0.524. The van der Waals surface area contributed by atoms with Gasteiger partial charge in [0.25, 0.3) is 0 Å². The van der Waals surface area contributed by atoms with Crippen LogP contribution in [0.5, 0.6) is 5.75 Å². The monoisotopic (exact) mass is 315 g/mol. The van der Waals surface area contributed by atoms with E-state index in [1.165, 1.54) is 0 Å². The molecule has 0 saturated carbocycles. The van der Waals surface area contributed by atoms with Gasteiger partial charge in [-0.2, -0.15) is 0 Å². The maximum Gasteiger partial charge on any atom is 0.417 e. The summed E-state index contributed by atoms with van der Waals surface area (Å²) in [6.07, 6.45) is -0.675. The van der Waals surface area contributed by atoms with Gasteiger partial charge in [0.1, 0.15) is 5.02 Å². The molecular formula is C13H8Cl3NO2. The largest absolute Gasteiger partial charge is 0.417 e. The predicted octanol–water partition coefficient (Wildman–Crippen LogP) is 5.26. The zero-order chi connectivity index (χ0) is 13.8. The van der Waals surface area contributed by atoms with E-state index in [2.05, 4.69) is 5.32 Å². The minimum atomic E-state index is -0.675. The fraction of sp³-hybridized carbons (Fsp3) is 0. The van der Waals surface area contributed by atoms with E-state index < -0.39 is 6.09 Å². The van der Waals surface area contributed by atoms with Crippen molar-refractivity contribution >= 4 is 46.6 Å². The lowest BCUT2D eigenvalue weighted by atomic mass is 10.3. The zero-order valence-corrected chi connectivity index (χ0v) is 11.8. The van der Waals surface area contributed by atoms with Crippen molar-refractivity contribution in [1.29, 1.82) is 0 Å². The Bertz CT molecular complexity index is 617. The van der Waals surface area contributed by atoms with Crippen molar-refractivity contribution < 1.29 is 9.53 Å². The number of benzene rings is 2. The number of amides is 1. The van der Waals surface area contributed by atoms with Crippen LogP contribution >= 0.6 is 34.8 Å². The van der Waals surface area contributed by atoms with Gasteiger partial charge in [0.05, 0.1) is 5.02 Å². The van der Waals surface area contributed by atoms with Crippen LogP contribution in [0.2, 0.25) is 15.1 Å². The second-order valence-corrected chi connectivity index (χ2v) is 4.80. The molecule has 0 radical (unpaired) electrons. The van der Waals surface area contributed by atoms with Crippen LogP contribution in [0.1, 0.15) is 0 Å². The SMILES string of the molecule is O=C(Nc1cccc(Cl)c1)Oc1cccc(Cl)c1Cl. The molecule has 98 valence electrons. The Balaban J connectivity index is 2.08. The van der Waals surface area contributed by atoms with Crippen molar-refractivity contribution in [2.75, 3.05) is 5.32 Å². The van der Waals surface area contributed by atoms with Crippen molar-refractivity contribution in [2.45, 2.75) is 0 Å². The van der Waals surface area contributed by atoms with E-state index in [-0.39, 0.29) is 10.8 Å². The minimum Gasteiger partial charge on any atom is -0.408 e. The van der Waals surface area contributed by atoms with E-state index in [1.807, 2.05) is 0 Å². The van der Waals surface area contributed by atoms with Crippen molar-refractivity contribution in [3.8, 4) is 5.75 Å². The molecular weight excluding hydrogens is 309 g/mol. The molecule has 1 N–H and O–H groups in total. The van der Waals surface area contributed by atoms with Gasteiger partial charge >= 0.3 is 6.09 Å². The first-order valence-corrected chi connectivity index (χ1v) is 6.38. The van der Waals surface area contributed by atoms with Gasteiger partial charge in [-0.3, -0.25) is 5.32 Å². The van der Waals surface area contributed by atoms with E-state index >= 15 is 0 Å². The summed E-state index contributed by atoms with van der Waals surface area (Å²) in [7, 11) is 0. The average molecular weight is 317 g/mol. The van der Waals surface area contributed by atoms with Crippen molar-refractivity contribution in [3.63, 3.8) is 0 Å². The molecule has 0 aliphatic carbocycles. The molecule has 0 fully saturated rings. The van der Waals surface area contributed by atoms with Crippen LogP contribution in [-0.4, -0.2) is 6.09 Å². The second kappa shape index (κ2) is 6.15. The minimum absolute atomic E-state index is 0.186. The lowest BCUT2D eigenvalue weighted by Crippen LogP contribution is -2.16. The van der Waals surface area contributed by atoms with Crippen LogP contribution in [-0.2, 0) is 0 Å². The Morgan fingerprint density at radius 1 is 1.05 bits per heavy atom. The van der Waals surface area contributed by atoms with Gasteiger partial charge in [-0.15, -0.1) is 0 Å². The van der Waals surface area contributed by atoms with Crippen molar-refractivity contribution in [2.24, 2.45) is 0 Å². The summed E-state index contributed by atoms with van der Waals surface area (Å²) < 4.78 is 5.06. The third-order valence-electron chi connectivity index (χ3n) is 2.19. The van der Waals surface area contributed by atoms with Crippen molar-refractivity contribution in [3.05, 3.63) is 57.5 Å². The Kier molecular flexibility index (Phi) is 4.53. The molecule has 0 heterocycles. The number of nitrogens with one attached hydrogen (secondary N) is 1. The van der Waals surface area contributed by atoms with Gasteiger partial charge in [-0.05, 0) is 30.3 Å². The lowest BCUT2D eigenvalue weighted by molar-refractivity contribution is 0.215. The molecule has 2 aromatic carbocycles. The summed E-state index contributed by atoms with van der Waals surface area (Å²) in [5.74, 6) is 0.189. The molecule has 2 rings (SSSR count). The topological polar surface area (TPSA) is 38.3 Å². The smallest absolute Gasteiger partial charge is 0.408 e. The van der Waals surface area contributed by atoms with Crippen molar-refractivity contribution in [1.82, 2.24) is 0 Å². The van der Waals surface area contributed by atoms with E-state index in [0.29, 0.717) is 15.7 Å². The molecule has 0 unspecified atom stereocenters. The summed E-state index contributed by atoms with van der Waals surface area (Å²) in [4.78, 5) is 11.7. The first-order valence-electron chi connectivity index (χ1n) is 5.24. The number of rotatable bonds is 2. The quantitative estimate of drug-likeness (QED) is 0.821. The molecule has 1 amide bonds. The molecule has 3 nitrogen and oxygen atoms in total. The number of anilines is 1. The Morgan fingerprint density at radius 3 is 2.53 bits per heavy atom. The normalized spacial score (nSPS) is 10.1. The van der Waals surface area contributed by atoms with Crippen LogP contribution in [0.25, 0.3) is 0 Å². The summed E-state index contributed by atoms with van der Waals surface area (Å²) in [5, 5.41) is 3.54. The number of hydrogen-bond acceptors (Lipinski definition) is 2. The highest BCUT2D eigenvalue weighted by Crippen LogP contribution is 2.31. The number of carbonyl (C=O) groups excluding carboxylic acids is 1. The molecule has 0 aliphatic rings. The van der Waals surface area contributed by atoms with E-state index in [9.17, 15) is 4.79 Å². The summed E-state index contributed by atoms with van der Waals surface area (Å²) in [6, 6.07) is 11.5. The summed E-state index contributed by atoms with van der Waals surface area (Å²) >= 11 is 17.5. The van der Waals surface area contributed by atoms with Gasteiger partial charge in [-0.25, -0.2) is 4.79 Å². The van der Waals surface area contributed by atoms with Gasteiger partial charge in [0.15, 0.2) is 5.75 Å². The third-order valence-corrected chi connectivity index (χ3v) is 3.23. The molecule has 0 aliphatic heterocycles. The third kappa shape index (κ3) is 3.77. The van der Waals surface area contributed by atoms with Crippen LogP contribution in [0.4, 0.5) is 10.5 Å². The maximum absolute atomic E-state index is 11.7. The maximum atomic E-state index is 11.7. The average Bonchev–Trinajstić information content (AvgIpc) is 2.35. The molecule has 0 saturated heterocycles. The van der Waals surface area contributed by atoms with Crippen LogP contribution in [0.15, 0.2) is 42.5 Å². The Hall–Kier alpha value is -1.42. The predicted molar refractivity (Wildman–Crippen MR) is 77.6 cm³/mol. The fourth-order valence-corrected chi connectivity index (χ4v) is 1.89. The van der Waals surface area contributed by atoms with E-state index in [0.717, 1.165) is 0 Å². The highest BCUT2D eigenvalue weighted by atomic mass is 35.5. The Morgan fingerprint density at radius 2 is 1.79 bits per heavy atom. The first-order chi connectivity index (χ1) is 9.06. The first kappa shape index (κ1) is 14.0. The van der Waals surface area contributed by atoms with Crippen LogP contribution < -0.4 is 10.1 Å². The fourth-order valence-electron chi connectivity index (χ4n) is 1.37. The Labute approximate surface area is 125 Å². The number of ether oxygens (including phenoxy) is 1. The molecule has 6 heteroatoms. The van der Waals surface area contributed by atoms with Crippen LogP contribution in [0.3, 0.4) is 0 Å². The number of carbonyl (C=O) groups is 1. The van der Waals surface area contributed by atoms with Gasteiger partial charge < -0.3 is 4.74 Å². The molecule has 2 aromatic rings. The lowest BCUT2D eigenvalue weighted by Gasteiger charge is -2.08. The molecule has 0 aromatic heterocycles. The number of halogens is 3. The van der Waals surface area contributed by atoms with E-state index in [1.54, 1.807) is 42.5 Å². The van der Waals surface area contributed by atoms with E-state index in [4.69, 9.17) is 39.5 Å². The molecule has 0 atom stereocenters. The zero-order valence-electron chi connectivity index (χ0n) is 9.49. The molecule has 0 bridgehead atoms. The van der Waals surface area contributed by atoms with Gasteiger partial charge in [-0.1, -0.05) is 46.9 Å². The highest BCUT2D eigenvalue weighted by Gasteiger charge is 2.10. The highest BCUT2D eigenvalue weighted by molar-refractivity contribution is 6.43. The second-order valence-electron chi connectivity index (χ2n) is 3.58. The molecule has 19 heavy (non-hydrogen) atoms.